The number of fused-ring (bicyclic) bond motifs is 1. The van der Waals surface area contributed by atoms with Crippen LogP contribution in [0.3, 0.4) is 0 Å². The number of carbonyl (C=O) groups is 2. The first-order valence-corrected chi connectivity index (χ1v) is 25.1. The predicted octanol–water partition coefficient (Wildman–Crippen LogP) is 8.69. The summed E-state index contributed by atoms with van der Waals surface area (Å²) in [4.78, 5) is 23.2. The van der Waals surface area contributed by atoms with E-state index in [0.717, 1.165) is 49.1 Å². The summed E-state index contributed by atoms with van der Waals surface area (Å²) in [6, 6.07) is 17.6. The van der Waals surface area contributed by atoms with Crippen molar-refractivity contribution in [3.63, 3.8) is 0 Å². The van der Waals surface area contributed by atoms with Crippen LogP contribution in [0.1, 0.15) is 78.9 Å². The summed E-state index contributed by atoms with van der Waals surface area (Å²) in [5.74, 6) is -2.37. The van der Waals surface area contributed by atoms with E-state index in [1.54, 1.807) is 0 Å². The second kappa shape index (κ2) is 20.3. The van der Waals surface area contributed by atoms with E-state index in [2.05, 4.69) is 68.5 Å². The Bertz CT molecular complexity index is 3060. The maximum atomic E-state index is 13.0. The molecule has 0 bridgehead atoms. The van der Waals surface area contributed by atoms with E-state index in [4.69, 9.17) is 13.7 Å². The molecule has 6 N–H and O–H groups in total. The second-order valence-corrected chi connectivity index (χ2v) is 21.2. The zero-order valence-corrected chi connectivity index (χ0v) is 40.1. The van der Waals surface area contributed by atoms with Crippen molar-refractivity contribution in [1.82, 2.24) is 0 Å². The van der Waals surface area contributed by atoms with E-state index in [-0.39, 0.29) is 75.5 Å². The normalized spacial score (nSPS) is 12.6. The summed E-state index contributed by atoms with van der Waals surface area (Å²) in [5.41, 5.74) is 0.716. The summed E-state index contributed by atoms with van der Waals surface area (Å²) in [7, 11) is -14.2. The van der Waals surface area contributed by atoms with Gasteiger partial charge in [-0.1, -0.05) is 53.7 Å². The third-order valence-corrected chi connectivity index (χ3v) is 13.9. The lowest BCUT2D eigenvalue weighted by Gasteiger charge is -2.30. The van der Waals surface area contributed by atoms with E-state index in [9.17, 15) is 54.2 Å². The topological polar surface area (TPSA) is 294 Å². The van der Waals surface area contributed by atoms with Gasteiger partial charge in [0.2, 0.25) is 5.91 Å². The van der Waals surface area contributed by atoms with Crippen LogP contribution in [-0.2, 0) is 50.8 Å². The van der Waals surface area contributed by atoms with Crippen LogP contribution < -0.4 is 24.3 Å². The Morgan fingerprint density at radius 3 is 1.99 bits per heavy atom. The number of nitrogens with zero attached hydrogens (tertiary/aromatic N) is 2. The first kappa shape index (κ1) is 51.7. The van der Waals surface area contributed by atoms with E-state index in [0.29, 0.717) is 5.75 Å². The van der Waals surface area contributed by atoms with Gasteiger partial charge >= 0.3 is 10.1 Å². The molecule has 360 valence electrons. The molecule has 19 nitrogen and oxygen atoms in total. The number of hydrogen-bond acceptors (Lipinski definition) is 15. The predicted molar refractivity (Wildman–Crippen MR) is 250 cm³/mol. The minimum atomic E-state index is -5.13. The molecule has 0 fully saturated rings. The molecule has 0 spiro atoms. The first-order valence-electron chi connectivity index (χ1n) is 20.7. The van der Waals surface area contributed by atoms with Gasteiger partial charge in [0.1, 0.15) is 33.6 Å². The number of ether oxygens (including phenoxy) is 2. The number of nitrogens with one attached hydrogen (secondary N) is 2. The molecular weight excluding hydrogens is 933 g/mol. The Balaban J connectivity index is 1.19. The van der Waals surface area contributed by atoms with Crippen molar-refractivity contribution in [2.24, 2.45) is 10.2 Å². The molecular formula is C45H52N4O15S3. The summed E-state index contributed by atoms with van der Waals surface area (Å²) < 4.78 is 111. The van der Waals surface area contributed by atoms with Gasteiger partial charge in [-0.3, -0.25) is 18.7 Å². The van der Waals surface area contributed by atoms with Crippen LogP contribution >= 0.6 is 0 Å². The summed E-state index contributed by atoms with van der Waals surface area (Å²) in [6.07, 6.45) is 1.73. The molecule has 0 heterocycles. The van der Waals surface area contributed by atoms with Crippen molar-refractivity contribution in [3.8, 4) is 28.7 Å². The van der Waals surface area contributed by atoms with E-state index in [1.807, 2.05) is 12.1 Å². The van der Waals surface area contributed by atoms with Crippen molar-refractivity contribution in [2.75, 3.05) is 29.6 Å². The van der Waals surface area contributed by atoms with Crippen LogP contribution in [0.25, 0.3) is 10.8 Å². The van der Waals surface area contributed by atoms with Gasteiger partial charge in [0, 0.05) is 23.9 Å². The molecule has 0 aliphatic rings. The number of carbonyl (C=O) groups excluding carboxylic acids is 2. The zero-order valence-electron chi connectivity index (χ0n) is 37.6. The highest BCUT2D eigenvalue weighted by molar-refractivity contribution is 7.87. The van der Waals surface area contributed by atoms with Gasteiger partial charge in [-0.25, -0.2) is 0 Å². The molecule has 0 unspecified atom stereocenters. The molecule has 5 aromatic rings. The molecule has 0 atom stereocenters. The fourth-order valence-electron chi connectivity index (χ4n) is 6.52. The van der Waals surface area contributed by atoms with Gasteiger partial charge in [-0.05, 0) is 102 Å². The van der Waals surface area contributed by atoms with E-state index >= 15 is 0 Å². The minimum Gasteiger partial charge on any atom is -0.506 e. The van der Waals surface area contributed by atoms with Crippen molar-refractivity contribution in [3.05, 3.63) is 90.0 Å². The number of benzene rings is 5. The largest absolute Gasteiger partial charge is 0.506 e. The van der Waals surface area contributed by atoms with Gasteiger partial charge < -0.3 is 34.5 Å². The minimum absolute atomic E-state index is 0.0254. The lowest BCUT2D eigenvalue weighted by molar-refractivity contribution is -0.118. The number of hydrogen-bond donors (Lipinski definition) is 6. The standard InChI is InChI=1S/C45H52N4O15S3/c1-8-44(4,5)29-11-18-38(34(23-29)45(6,7)9-2)63-26-40(52)47-35-24-32(16-17-37(35)51)64-65(54,55)20-10-19-62-31-14-12-30(13-15-31)48-49-42-39(67(59,60)61)22-28-21-33(66(56,57)58)25-36(46-27(3)50)41(28)43(42)53/h11-18,21-25,51,53H,8-10,19-20,26H2,1-7H3,(H,46,50)(H,47,52)(H,56,57,58)(H,59,60,61). The monoisotopic (exact) mass is 984 g/mol. The molecule has 5 rings (SSSR count). The lowest BCUT2D eigenvalue weighted by atomic mass is 9.76. The van der Waals surface area contributed by atoms with Gasteiger partial charge in [0.05, 0.1) is 34.3 Å². The Morgan fingerprint density at radius 2 is 1.37 bits per heavy atom. The highest BCUT2D eigenvalue weighted by atomic mass is 32.2. The van der Waals surface area contributed by atoms with Crippen molar-refractivity contribution in [2.45, 2.75) is 88.3 Å². The smallest absolute Gasteiger partial charge is 0.309 e. The SMILES string of the molecule is CCC(C)(C)c1ccc(OCC(=O)Nc2cc(OS(=O)(=O)CCCOc3ccc(N=Nc4c(S(=O)(=O)O)cc5cc(S(=O)(=O)O)cc(NC(C)=O)c5c4O)cc3)ccc2O)c(C(C)(C)CC)c1. The zero-order chi connectivity index (χ0) is 49.7. The second-order valence-electron chi connectivity index (χ2n) is 16.7. The molecule has 0 aliphatic carbocycles. The maximum absolute atomic E-state index is 13.0. The van der Waals surface area contributed by atoms with Crippen molar-refractivity contribution in [1.29, 1.82) is 0 Å². The average molecular weight is 985 g/mol. The fourth-order valence-corrected chi connectivity index (χ4v) is 8.67. The number of amides is 2. The van der Waals surface area contributed by atoms with Crippen LogP contribution in [0.15, 0.2) is 98.9 Å². The highest BCUT2D eigenvalue weighted by Crippen LogP contribution is 2.45. The van der Waals surface area contributed by atoms with Crippen LogP contribution in [-0.4, -0.2) is 75.4 Å². The van der Waals surface area contributed by atoms with E-state index < -0.39 is 69.1 Å². The molecule has 22 heteroatoms. The number of phenolic OH excluding ortho intramolecular Hbond substituents is 2. The quantitative estimate of drug-likeness (QED) is 0.0140. The van der Waals surface area contributed by atoms with Crippen LogP contribution in [0.2, 0.25) is 0 Å². The maximum Gasteiger partial charge on any atom is 0.309 e. The number of azo groups is 1. The number of rotatable bonds is 20. The Hall–Kier alpha value is -6.33. The Kier molecular flexibility index (Phi) is 15.6. The van der Waals surface area contributed by atoms with E-state index in [1.165, 1.54) is 42.5 Å². The van der Waals surface area contributed by atoms with Crippen molar-refractivity contribution >= 4 is 75.7 Å². The third-order valence-electron chi connectivity index (χ3n) is 11.0. The van der Waals surface area contributed by atoms with Gasteiger partial charge in [0.25, 0.3) is 26.1 Å². The Morgan fingerprint density at radius 1 is 0.716 bits per heavy atom. The molecule has 67 heavy (non-hydrogen) atoms. The highest BCUT2D eigenvalue weighted by Gasteiger charge is 2.28. The number of anilines is 2. The fraction of sp³-hybridized carbons (Fsp3) is 0.333. The lowest BCUT2D eigenvalue weighted by Crippen LogP contribution is -2.24. The van der Waals surface area contributed by atoms with Gasteiger partial charge in [0.15, 0.2) is 12.4 Å². The van der Waals surface area contributed by atoms with Crippen molar-refractivity contribution < 1.29 is 67.8 Å². The first-order chi connectivity index (χ1) is 31.1. The summed E-state index contributed by atoms with van der Waals surface area (Å²) >= 11 is 0. The third kappa shape index (κ3) is 13.2. The molecule has 0 radical (unpaired) electrons. The van der Waals surface area contributed by atoms with Crippen LogP contribution in [0.5, 0.6) is 28.7 Å². The molecule has 2 amide bonds. The summed E-state index contributed by atoms with van der Waals surface area (Å²) in [6.45, 7) is 13.3. The van der Waals surface area contributed by atoms with Gasteiger partial charge in [-0.15, -0.1) is 5.11 Å². The molecule has 0 aromatic heterocycles. The van der Waals surface area contributed by atoms with Crippen LogP contribution in [0, 0.1) is 0 Å². The average Bonchev–Trinajstić information content (AvgIpc) is 3.24. The van der Waals surface area contributed by atoms with Crippen LogP contribution in [0.4, 0.5) is 22.7 Å². The molecule has 5 aromatic carbocycles. The number of phenols is 2. The summed E-state index contributed by atoms with van der Waals surface area (Å²) in [5, 5.41) is 33.6. The molecule has 0 saturated carbocycles. The molecule has 0 saturated heterocycles. The molecule has 0 aliphatic heterocycles. The Labute approximate surface area is 388 Å². The van der Waals surface area contributed by atoms with Gasteiger partial charge in [-0.2, -0.15) is 30.4 Å². The number of aromatic hydroxyl groups is 2.